The first-order valence-electron chi connectivity index (χ1n) is 5.23. The van der Waals surface area contributed by atoms with E-state index in [2.05, 4.69) is 6.08 Å². The van der Waals surface area contributed by atoms with Crippen molar-refractivity contribution in [2.24, 2.45) is 5.92 Å². The zero-order chi connectivity index (χ0) is 10.6. The van der Waals surface area contributed by atoms with E-state index in [0.29, 0.717) is 6.61 Å². The molecule has 1 saturated carbocycles. The van der Waals surface area contributed by atoms with E-state index < -0.39 is 0 Å². The quantitative estimate of drug-likeness (QED) is 0.632. The number of hydrogen-bond donors (Lipinski definition) is 0. The van der Waals surface area contributed by atoms with Crippen LogP contribution in [0.4, 0.5) is 0 Å². The fourth-order valence-corrected chi connectivity index (χ4v) is 2.01. The maximum Gasteiger partial charge on any atom is 0.313 e. The van der Waals surface area contributed by atoms with Crippen molar-refractivity contribution in [2.75, 3.05) is 6.61 Å². The molecule has 0 amide bonds. The maximum atomic E-state index is 11.6. The van der Waals surface area contributed by atoms with Crippen molar-refractivity contribution < 1.29 is 9.53 Å². The van der Waals surface area contributed by atoms with Crippen LogP contribution in [0.15, 0.2) is 23.3 Å². The summed E-state index contributed by atoms with van der Waals surface area (Å²) in [5.41, 5.74) is 2.46. The van der Waals surface area contributed by atoms with Crippen LogP contribution in [0.25, 0.3) is 0 Å². The molecule has 78 valence electrons. The number of hydrogen-bond acceptors (Lipinski definition) is 2. The van der Waals surface area contributed by atoms with E-state index in [1.807, 2.05) is 26.8 Å². The van der Waals surface area contributed by atoms with Crippen LogP contribution in [-0.2, 0) is 9.53 Å². The summed E-state index contributed by atoms with van der Waals surface area (Å²) in [5, 5.41) is 0. The highest BCUT2D eigenvalue weighted by atomic mass is 16.5. The van der Waals surface area contributed by atoms with Crippen LogP contribution in [-0.4, -0.2) is 12.6 Å². The first-order chi connectivity index (χ1) is 6.74. The molecule has 1 unspecified atom stereocenters. The van der Waals surface area contributed by atoms with Gasteiger partial charge in [-0.1, -0.05) is 12.2 Å². The topological polar surface area (TPSA) is 26.3 Å². The van der Waals surface area contributed by atoms with Crippen molar-refractivity contribution in [1.29, 1.82) is 0 Å². The van der Waals surface area contributed by atoms with Gasteiger partial charge in [0.25, 0.3) is 0 Å². The lowest BCUT2D eigenvalue weighted by molar-refractivity contribution is -0.146. The fraction of sp³-hybridized carbons (Fsp3) is 0.583. The lowest BCUT2D eigenvalue weighted by Crippen LogP contribution is -2.16. The third-order valence-corrected chi connectivity index (χ3v) is 2.68. The molecule has 0 saturated heterocycles. The molecular weight excluding hydrogens is 176 g/mol. The Morgan fingerprint density at radius 1 is 1.50 bits per heavy atom. The minimum atomic E-state index is -0.0718. The van der Waals surface area contributed by atoms with Crippen LogP contribution in [0.1, 0.15) is 33.6 Å². The summed E-state index contributed by atoms with van der Waals surface area (Å²) < 4.78 is 5.04. The SMILES string of the molecule is C/C=C1/CCC(C(=O)OCC)/C1=C/C. The number of carbonyl (C=O) groups is 1. The summed E-state index contributed by atoms with van der Waals surface area (Å²) in [6.07, 6.45) is 6.02. The molecule has 2 heteroatoms. The molecule has 2 nitrogen and oxygen atoms in total. The molecule has 1 atom stereocenters. The standard InChI is InChI=1S/C12H18O2/c1-4-9-7-8-11(10(9)5-2)12(13)14-6-3/h4-5,11H,6-8H2,1-3H3/b9-4-,10-5+. The van der Waals surface area contributed by atoms with Gasteiger partial charge in [-0.15, -0.1) is 0 Å². The molecule has 0 aromatic carbocycles. The zero-order valence-electron chi connectivity index (χ0n) is 9.17. The Kier molecular flexibility index (Phi) is 3.93. The molecule has 1 fully saturated rings. The van der Waals surface area contributed by atoms with Crippen molar-refractivity contribution in [3.05, 3.63) is 23.3 Å². The molecule has 0 heterocycles. The Morgan fingerprint density at radius 2 is 2.21 bits per heavy atom. The van der Waals surface area contributed by atoms with Crippen molar-refractivity contribution in [3.63, 3.8) is 0 Å². The van der Waals surface area contributed by atoms with Gasteiger partial charge in [-0.25, -0.2) is 0 Å². The number of carbonyl (C=O) groups excluding carboxylic acids is 1. The monoisotopic (exact) mass is 194 g/mol. The van der Waals surface area contributed by atoms with Gasteiger partial charge in [0.15, 0.2) is 0 Å². The third-order valence-electron chi connectivity index (χ3n) is 2.68. The van der Waals surface area contributed by atoms with Gasteiger partial charge >= 0.3 is 5.97 Å². The van der Waals surface area contributed by atoms with E-state index in [-0.39, 0.29) is 11.9 Å². The third kappa shape index (κ3) is 2.06. The average molecular weight is 194 g/mol. The van der Waals surface area contributed by atoms with Crippen molar-refractivity contribution in [1.82, 2.24) is 0 Å². The summed E-state index contributed by atoms with van der Waals surface area (Å²) in [6, 6.07) is 0. The summed E-state index contributed by atoms with van der Waals surface area (Å²) in [7, 11) is 0. The molecule has 0 N–H and O–H groups in total. The molecule has 1 aliphatic carbocycles. The van der Waals surface area contributed by atoms with Gasteiger partial charge in [-0.3, -0.25) is 4.79 Å². The predicted octanol–water partition coefficient (Wildman–Crippen LogP) is 2.85. The van der Waals surface area contributed by atoms with Crippen molar-refractivity contribution in [2.45, 2.75) is 33.6 Å². The highest BCUT2D eigenvalue weighted by molar-refractivity contribution is 5.78. The average Bonchev–Trinajstić information content (AvgIpc) is 2.60. The first-order valence-corrected chi connectivity index (χ1v) is 5.23. The Bertz CT molecular complexity index is 274. The van der Waals surface area contributed by atoms with Crippen LogP contribution in [0.3, 0.4) is 0 Å². The molecule has 1 rings (SSSR count). The predicted molar refractivity (Wildman–Crippen MR) is 56.9 cm³/mol. The van der Waals surface area contributed by atoms with Crippen molar-refractivity contribution >= 4 is 5.97 Å². The molecule has 1 aliphatic rings. The summed E-state index contributed by atoms with van der Waals surface area (Å²) in [6.45, 7) is 6.32. The van der Waals surface area contributed by atoms with Gasteiger partial charge < -0.3 is 4.74 Å². The smallest absolute Gasteiger partial charge is 0.313 e. The molecule has 0 aromatic heterocycles. The van der Waals surface area contributed by atoms with Gasteiger partial charge in [0.05, 0.1) is 12.5 Å². The number of allylic oxidation sites excluding steroid dienone is 3. The molecule has 0 bridgehead atoms. The largest absolute Gasteiger partial charge is 0.466 e. The molecule has 14 heavy (non-hydrogen) atoms. The normalized spacial score (nSPS) is 27.2. The number of esters is 1. The van der Waals surface area contributed by atoms with Crippen LogP contribution in [0, 0.1) is 5.92 Å². The summed E-state index contributed by atoms with van der Waals surface area (Å²) in [4.78, 5) is 11.6. The second kappa shape index (κ2) is 4.99. The molecule has 0 spiro atoms. The fourth-order valence-electron chi connectivity index (χ4n) is 2.01. The zero-order valence-corrected chi connectivity index (χ0v) is 9.17. The molecular formula is C12H18O2. The van der Waals surface area contributed by atoms with Gasteiger partial charge in [0.1, 0.15) is 0 Å². The number of rotatable bonds is 2. The lowest BCUT2D eigenvalue weighted by Gasteiger charge is -2.10. The van der Waals surface area contributed by atoms with E-state index in [1.165, 1.54) is 5.57 Å². The van der Waals surface area contributed by atoms with Gasteiger partial charge in [-0.2, -0.15) is 0 Å². The van der Waals surface area contributed by atoms with Crippen LogP contribution < -0.4 is 0 Å². The Balaban J connectivity index is 2.78. The molecule has 0 radical (unpaired) electrons. The molecule has 0 aromatic rings. The summed E-state index contributed by atoms with van der Waals surface area (Å²) >= 11 is 0. The van der Waals surface area contributed by atoms with Crippen LogP contribution in [0.5, 0.6) is 0 Å². The van der Waals surface area contributed by atoms with Crippen molar-refractivity contribution in [3.8, 4) is 0 Å². The molecule has 0 aliphatic heterocycles. The first kappa shape index (κ1) is 11.0. The van der Waals surface area contributed by atoms with E-state index >= 15 is 0 Å². The highest BCUT2D eigenvalue weighted by Gasteiger charge is 2.31. The minimum absolute atomic E-state index is 0.0221. The second-order valence-electron chi connectivity index (χ2n) is 3.40. The Labute approximate surface area is 85.6 Å². The van der Waals surface area contributed by atoms with E-state index in [9.17, 15) is 4.79 Å². The Morgan fingerprint density at radius 3 is 2.71 bits per heavy atom. The van der Waals surface area contributed by atoms with Gasteiger partial charge in [0, 0.05) is 0 Å². The highest BCUT2D eigenvalue weighted by Crippen LogP contribution is 2.36. The minimum Gasteiger partial charge on any atom is -0.466 e. The maximum absolute atomic E-state index is 11.6. The van der Waals surface area contributed by atoms with Crippen LogP contribution >= 0.6 is 0 Å². The number of ether oxygens (including phenoxy) is 1. The second-order valence-corrected chi connectivity index (χ2v) is 3.40. The van der Waals surface area contributed by atoms with Crippen LogP contribution in [0.2, 0.25) is 0 Å². The summed E-state index contributed by atoms with van der Waals surface area (Å²) in [5.74, 6) is -0.0939. The van der Waals surface area contributed by atoms with E-state index in [1.54, 1.807) is 0 Å². The van der Waals surface area contributed by atoms with Gasteiger partial charge in [0.2, 0.25) is 0 Å². The van der Waals surface area contributed by atoms with E-state index in [0.717, 1.165) is 18.4 Å². The Hall–Kier alpha value is -1.05. The van der Waals surface area contributed by atoms with Gasteiger partial charge in [-0.05, 0) is 44.8 Å². The lowest BCUT2D eigenvalue weighted by atomic mass is 10.0. The van der Waals surface area contributed by atoms with E-state index in [4.69, 9.17) is 4.74 Å².